The van der Waals surface area contributed by atoms with E-state index in [0.717, 1.165) is 5.56 Å². The monoisotopic (exact) mass is 343 g/mol. The van der Waals surface area contributed by atoms with Crippen LogP contribution in [-0.4, -0.2) is 65.1 Å². The maximum atomic E-state index is 12.9. The molecule has 2 atom stereocenters. The summed E-state index contributed by atoms with van der Waals surface area (Å²) in [6.07, 6.45) is -0.653. The molecule has 0 unspecified atom stereocenters. The zero-order valence-corrected chi connectivity index (χ0v) is 14.3. The summed E-state index contributed by atoms with van der Waals surface area (Å²) in [5.41, 5.74) is 1.99. The van der Waals surface area contributed by atoms with Crippen LogP contribution in [0.4, 0.5) is 0 Å². The Morgan fingerprint density at radius 1 is 1.32 bits per heavy atom. The van der Waals surface area contributed by atoms with E-state index in [2.05, 4.69) is 10.2 Å². The van der Waals surface area contributed by atoms with Crippen molar-refractivity contribution >= 4 is 5.91 Å². The number of aliphatic hydroxyl groups excluding tert-OH is 1. The fourth-order valence-corrected chi connectivity index (χ4v) is 2.92. The Balaban J connectivity index is 1.85. The highest BCUT2D eigenvalue weighted by Gasteiger charge is 2.34. The van der Waals surface area contributed by atoms with Crippen LogP contribution < -0.4 is 4.74 Å². The minimum absolute atomic E-state index is 0.139. The average Bonchev–Trinajstić information content (AvgIpc) is 3.08. The van der Waals surface area contributed by atoms with Crippen molar-refractivity contribution in [2.75, 3.05) is 26.9 Å². The Bertz CT molecular complexity index is 735. The Kier molecular flexibility index (Phi) is 5.25. The van der Waals surface area contributed by atoms with E-state index in [-0.39, 0.29) is 18.6 Å². The molecule has 0 radical (unpaired) electrons. The first-order valence-electron chi connectivity index (χ1n) is 8.19. The summed E-state index contributed by atoms with van der Waals surface area (Å²) >= 11 is 0. The van der Waals surface area contributed by atoms with Crippen molar-refractivity contribution in [3.05, 3.63) is 42.0 Å². The molecule has 2 aromatic rings. The number of likely N-dealkylation sites (N-methyl/N-ethyl adjacent to an activating group) is 1. The maximum absolute atomic E-state index is 12.9. The fraction of sp³-hybridized carbons (Fsp3) is 0.389. The minimum atomic E-state index is -0.653. The first-order valence-corrected chi connectivity index (χ1v) is 8.19. The van der Waals surface area contributed by atoms with E-state index >= 15 is 0 Å². The number of hydrogen-bond donors (Lipinski definition) is 1. The molecule has 1 aliphatic heterocycles. The molecular weight excluding hydrogens is 322 g/mol. The van der Waals surface area contributed by atoms with Gasteiger partial charge in [0.2, 0.25) is 5.88 Å². The molecule has 2 heterocycles. The van der Waals surface area contributed by atoms with E-state index < -0.39 is 6.10 Å². The van der Waals surface area contributed by atoms with E-state index in [1.54, 1.807) is 29.2 Å². The minimum Gasteiger partial charge on any atom is -0.480 e. The van der Waals surface area contributed by atoms with E-state index in [4.69, 9.17) is 9.47 Å². The highest BCUT2D eigenvalue weighted by molar-refractivity contribution is 5.95. The zero-order chi connectivity index (χ0) is 17.8. The van der Waals surface area contributed by atoms with Gasteiger partial charge < -0.3 is 19.5 Å². The molecule has 25 heavy (non-hydrogen) atoms. The Hall–Kier alpha value is -2.51. The van der Waals surface area contributed by atoms with Gasteiger partial charge in [0.25, 0.3) is 5.91 Å². The number of hydrogen-bond acceptors (Lipinski definition) is 6. The van der Waals surface area contributed by atoms with Gasteiger partial charge >= 0.3 is 0 Å². The molecular formula is C18H21N3O4. The number of methoxy groups -OCH3 is 1. The lowest BCUT2D eigenvalue weighted by Gasteiger charge is -2.29. The lowest BCUT2D eigenvalue weighted by molar-refractivity contribution is 0.0520. The smallest absolute Gasteiger partial charge is 0.254 e. The van der Waals surface area contributed by atoms with E-state index in [9.17, 15) is 9.90 Å². The predicted molar refractivity (Wildman–Crippen MR) is 91.3 cm³/mol. The summed E-state index contributed by atoms with van der Waals surface area (Å²) in [5.74, 6) is 0.295. The molecule has 1 amide bonds. The number of amides is 1. The normalized spacial score (nSPS) is 19.6. The van der Waals surface area contributed by atoms with Crippen LogP contribution in [0.25, 0.3) is 11.3 Å². The third-order valence-electron chi connectivity index (χ3n) is 4.28. The summed E-state index contributed by atoms with van der Waals surface area (Å²) in [7, 11) is 1.53. The molecule has 0 bridgehead atoms. The Labute approximate surface area is 146 Å². The molecule has 1 aromatic carbocycles. The third-order valence-corrected chi connectivity index (χ3v) is 4.28. The van der Waals surface area contributed by atoms with Gasteiger partial charge in [-0.3, -0.25) is 4.79 Å². The first kappa shape index (κ1) is 17.3. The fourth-order valence-electron chi connectivity index (χ4n) is 2.92. The summed E-state index contributed by atoms with van der Waals surface area (Å²) < 4.78 is 10.3. The number of nitrogens with zero attached hydrogens (tertiary/aromatic N) is 3. The van der Waals surface area contributed by atoms with E-state index in [0.29, 0.717) is 30.3 Å². The molecule has 1 N–H and O–H groups in total. The third kappa shape index (κ3) is 3.62. The number of aliphatic hydroxyl groups is 1. The van der Waals surface area contributed by atoms with Gasteiger partial charge in [-0.25, -0.2) is 0 Å². The van der Waals surface area contributed by atoms with Crippen LogP contribution in [0.3, 0.4) is 0 Å². The van der Waals surface area contributed by atoms with Gasteiger partial charge in [0.05, 0.1) is 38.2 Å². The van der Waals surface area contributed by atoms with Crippen molar-refractivity contribution in [3.8, 4) is 17.1 Å². The van der Waals surface area contributed by atoms with E-state index in [1.807, 2.05) is 19.1 Å². The van der Waals surface area contributed by atoms with Crippen LogP contribution in [0, 0.1) is 0 Å². The SMILES string of the molecule is CCN(C(=O)c1cccc(-c2ccc(OC)nn2)c1)[C@@H]1COC[C@H]1O. The van der Waals surface area contributed by atoms with Gasteiger partial charge in [-0.05, 0) is 25.1 Å². The van der Waals surface area contributed by atoms with Gasteiger partial charge in [0.1, 0.15) is 0 Å². The predicted octanol–water partition coefficient (Wildman–Crippen LogP) is 1.37. The lowest BCUT2D eigenvalue weighted by atomic mass is 10.1. The van der Waals surface area contributed by atoms with Crippen molar-refractivity contribution in [3.63, 3.8) is 0 Å². The van der Waals surface area contributed by atoms with Crippen molar-refractivity contribution < 1.29 is 19.4 Å². The second-order valence-corrected chi connectivity index (χ2v) is 5.81. The number of ether oxygens (including phenoxy) is 2. The molecule has 1 aliphatic rings. The zero-order valence-electron chi connectivity index (χ0n) is 14.3. The molecule has 0 aliphatic carbocycles. The quantitative estimate of drug-likeness (QED) is 0.883. The van der Waals surface area contributed by atoms with Crippen molar-refractivity contribution in [2.45, 2.75) is 19.1 Å². The van der Waals surface area contributed by atoms with Gasteiger partial charge in [-0.1, -0.05) is 12.1 Å². The first-order chi connectivity index (χ1) is 12.1. The largest absolute Gasteiger partial charge is 0.480 e. The molecule has 3 rings (SSSR count). The van der Waals surface area contributed by atoms with Gasteiger partial charge in [-0.15, -0.1) is 10.2 Å². The van der Waals surface area contributed by atoms with Crippen LogP contribution >= 0.6 is 0 Å². The van der Waals surface area contributed by atoms with E-state index in [1.165, 1.54) is 7.11 Å². The maximum Gasteiger partial charge on any atom is 0.254 e. The second-order valence-electron chi connectivity index (χ2n) is 5.81. The number of benzene rings is 1. The molecule has 7 heteroatoms. The number of carbonyl (C=O) groups is 1. The number of rotatable bonds is 5. The molecule has 132 valence electrons. The topological polar surface area (TPSA) is 84.8 Å². The highest BCUT2D eigenvalue weighted by atomic mass is 16.5. The summed E-state index contributed by atoms with van der Waals surface area (Å²) in [4.78, 5) is 14.5. The summed E-state index contributed by atoms with van der Waals surface area (Å²) in [6, 6.07) is 10.4. The Morgan fingerprint density at radius 3 is 2.76 bits per heavy atom. The van der Waals surface area contributed by atoms with Crippen LogP contribution in [0.1, 0.15) is 17.3 Å². The Morgan fingerprint density at radius 2 is 2.16 bits per heavy atom. The number of carbonyl (C=O) groups excluding carboxylic acids is 1. The summed E-state index contributed by atoms with van der Waals surface area (Å²) in [5, 5.41) is 18.1. The summed E-state index contributed by atoms with van der Waals surface area (Å²) in [6.45, 7) is 3.00. The van der Waals surface area contributed by atoms with Gasteiger partial charge in [0.15, 0.2) is 0 Å². The van der Waals surface area contributed by atoms with Crippen molar-refractivity contribution in [2.24, 2.45) is 0 Å². The van der Waals surface area contributed by atoms with Gasteiger partial charge in [-0.2, -0.15) is 0 Å². The molecule has 0 spiro atoms. The highest BCUT2D eigenvalue weighted by Crippen LogP contribution is 2.22. The van der Waals surface area contributed by atoms with Crippen molar-refractivity contribution in [1.82, 2.24) is 15.1 Å². The standard InChI is InChI=1S/C18H21N3O4/c1-3-21(15-10-25-11-16(15)22)18(23)13-6-4-5-12(9-13)14-7-8-17(24-2)20-19-14/h4-9,15-16,22H,3,10-11H2,1-2H3/t15-,16-/m1/s1. The lowest BCUT2D eigenvalue weighted by Crippen LogP contribution is -2.46. The van der Waals surface area contributed by atoms with Crippen LogP contribution in [0.2, 0.25) is 0 Å². The molecule has 7 nitrogen and oxygen atoms in total. The second kappa shape index (κ2) is 7.58. The molecule has 1 aromatic heterocycles. The van der Waals surface area contributed by atoms with Crippen molar-refractivity contribution in [1.29, 1.82) is 0 Å². The molecule has 1 saturated heterocycles. The number of aromatic nitrogens is 2. The molecule has 0 saturated carbocycles. The van der Waals surface area contributed by atoms with Crippen LogP contribution in [0.15, 0.2) is 36.4 Å². The molecule has 1 fully saturated rings. The van der Waals surface area contributed by atoms with Crippen LogP contribution in [-0.2, 0) is 4.74 Å². The van der Waals surface area contributed by atoms with Gasteiger partial charge in [0, 0.05) is 23.7 Å². The van der Waals surface area contributed by atoms with Crippen LogP contribution in [0.5, 0.6) is 5.88 Å². The average molecular weight is 343 g/mol.